The zero-order valence-corrected chi connectivity index (χ0v) is 11.0. The third-order valence-corrected chi connectivity index (χ3v) is 3.84. The van der Waals surface area contributed by atoms with Gasteiger partial charge in [0.05, 0.1) is 5.60 Å². The summed E-state index contributed by atoms with van der Waals surface area (Å²) in [4.78, 5) is 0. The molecule has 16 heavy (non-hydrogen) atoms. The molecule has 2 aliphatic rings. The predicted molar refractivity (Wildman–Crippen MR) is 67.3 cm³/mol. The largest absolute Gasteiger partial charge is 0.385 e. The van der Waals surface area contributed by atoms with Crippen molar-refractivity contribution >= 4 is 12.4 Å². The van der Waals surface area contributed by atoms with Gasteiger partial charge in [0.25, 0.3) is 0 Å². The maximum Gasteiger partial charge on any atom is 0.0709 e. The normalized spacial score (nSPS) is 28.7. The van der Waals surface area contributed by atoms with Crippen LogP contribution in [-0.4, -0.2) is 39.0 Å². The van der Waals surface area contributed by atoms with Gasteiger partial charge in [-0.2, -0.15) is 0 Å². The van der Waals surface area contributed by atoms with Crippen LogP contribution >= 0.6 is 12.4 Å². The van der Waals surface area contributed by atoms with Gasteiger partial charge < -0.3 is 14.8 Å². The van der Waals surface area contributed by atoms with E-state index in [4.69, 9.17) is 9.47 Å². The molecular weight excluding hydrogens is 226 g/mol. The van der Waals surface area contributed by atoms with E-state index in [1.807, 2.05) is 0 Å². The van der Waals surface area contributed by atoms with Crippen LogP contribution < -0.4 is 5.32 Å². The highest BCUT2D eigenvalue weighted by Gasteiger charge is 2.38. The Bertz CT molecular complexity index is 190. The summed E-state index contributed by atoms with van der Waals surface area (Å²) >= 11 is 0. The summed E-state index contributed by atoms with van der Waals surface area (Å²) in [5.74, 6) is 0.816. The molecule has 2 saturated heterocycles. The average Bonchev–Trinajstić information content (AvgIpc) is 2.28. The third-order valence-electron chi connectivity index (χ3n) is 3.84. The predicted octanol–water partition coefficient (Wildman–Crippen LogP) is 1.99. The number of nitrogens with one attached hydrogen (secondary N) is 1. The Labute approximate surface area is 105 Å². The fraction of sp³-hybridized carbons (Fsp3) is 1.00. The standard InChI is InChI=1S/C12H23NO2.ClH/c1-14-8-2-11-3-9-15-12(10-11)4-6-13-7-5-12;/h11,13H,2-10H2,1H3;1H. The molecular formula is C12H24ClNO2. The van der Waals surface area contributed by atoms with Crippen molar-refractivity contribution in [2.75, 3.05) is 33.4 Å². The second-order valence-electron chi connectivity index (χ2n) is 4.92. The molecule has 0 bridgehead atoms. The van der Waals surface area contributed by atoms with Gasteiger partial charge in [0.15, 0.2) is 0 Å². The molecule has 0 radical (unpaired) electrons. The molecule has 3 nitrogen and oxygen atoms in total. The van der Waals surface area contributed by atoms with Crippen LogP contribution in [0.15, 0.2) is 0 Å². The van der Waals surface area contributed by atoms with E-state index in [-0.39, 0.29) is 18.0 Å². The molecule has 2 fully saturated rings. The zero-order valence-electron chi connectivity index (χ0n) is 10.2. The van der Waals surface area contributed by atoms with E-state index in [1.54, 1.807) is 7.11 Å². The van der Waals surface area contributed by atoms with Crippen molar-refractivity contribution in [1.82, 2.24) is 5.32 Å². The SMILES string of the molecule is COCCC1CCOC2(CCNCC2)C1.Cl. The lowest BCUT2D eigenvalue weighted by atomic mass is 9.79. The van der Waals surface area contributed by atoms with Crippen molar-refractivity contribution in [2.45, 2.75) is 37.7 Å². The summed E-state index contributed by atoms with van der Waals surface area (Å²) in [5, 5.41) is 3.41. The lowest BCUT2D eigenvalue weighted by molar-refractivity contribution is -0.116. The molecule has 96 valence electrons. The van der Waals surface area contributed by atoms with E-state index >= 15 is 0 Å². The highest BCUT2D eigenvalue weighted by molar-refractivity contribution is 5.85. The number of methoxy groups -OCH3 is 1. The molecule has 1 atom stereocenters. The van der Waals surface area contributed by atoms with Gasteiger partial charge in [-0.1, -0.05) is 0 Å². The van der Waals surface area contributed by atoms with E-state index in [1.165, 1.54) is 32.1 Å². The highest BCUT2D eigenvalue weighted by Crippen LogP contribution is 2.37. The maximum atomic E-state index is 6.04. The molecule has 2 aliphatic heterocycles. The molecule has 1 spiro atoms. The van der Waals surface area contributed by atoms with Gasteiger partial charge in [-0.25, -0.2) is 0 Å². The van der Waals surface area contributed by atoms with E-state index in [0.29, 0.717) is 0 Å². The van der Waals surface area contributed by atoms with Crippen LogP contribution in [0.4, 0.5) is 0 Å². The van der Waals surface area contributed by atoms with Gasteiger partial charge >= 0.3 is 0 Å². The lowest BCUT2D eigenvalue weighted by Gasteiger charge is -2.43. The minimum Gasteiger partial charge on any atom is -0.385 e. The Morgan fingerprint density at radius 2 is 2.12 bits per heavy atom. The van der Waals surface area contributed by atoms with Crippen LogP contribution in [0.1, 0.15) is 32.1 Å². The Hall–Kier alpha value is 0.170. The Kier molecular flexibility index (Phi) is 6.05. The van der Waals surface area contributed by atoms with Crippen molar-refractivity contribution in [3.05, 3.63) is 0 Å². The number of ether oxygens (including phenoxy) is 2. The Balaban J connectivity index is 0.00000128. The summed E-state index contributed by atoms with van der Waals surface area (Å²) in [5.41, 5.74) is 0.210. The molecule has 4 heteroatoms. The van der Waals surface area contributed by atoms with Crippen LogP contribution in [0.5, 0.6) is 0 Å². The van der Waals surface area contributed by atoms with Gasteiger partial charge in [-0.15, -0.1) is 12.4 Å². The van der Waals surface area contributed by atoms with Gasteiger partial charge in [0.1, 0.15) is 0 Å². The Morgan fingerprint density at radius 1 is 1.38 bits per heavy atom. The molecule has 0 aliphatic carbocycles. The quantitative estimate of drug-likeness (QED) is 0.830. The first kappa shape index (κ1) is 14.2. The summed E-state index contributed by atoms with van der Waals surface area (Å²) in [6.45, 7) is 4.10. The monoisotopic (exact) mass is 249 g/mol. The second kappa shape index (κ2) is 6.80. The van der Waals surface area contributed by atoms with Crippen LogP contribution in [-0.2, 0) is 9.47 Å². The van der Waals surface area contributed by atoms with Crippen LogP contribution in [0, 0.1) is 5.92 Å². The van der Waals surface area contributed by atoms with Gasteiger partial charge in [0.2, 0.25) is 0 Å². The summed E-state index contributed by atoms with van der Waals surface area (Å²) in [6, 6.07) is 0. The first-order valence-corrected chi connectivity index (χ1v) is 6.18. The molecule has 0 aromatic carbocycles. The number of hydrogen-bond acceptors (Lipinski definition) is 3. The van der Waals surface area contributed by atoms with Gasteiger partial charge in [-0.05, 0) is 51.1 Å². The molecule has 0 saturated carbocycles. The smallest absolute Gasteiger partial charge is 0.0709 e. The first-order chi connectivity index (χ1) is 7.35. The molecule has 1 N–H and O–H groups in total. The molecule has 0 aromatic rings. The van der Waals surface area contributed by atoms with E-state index < -0.39 is 0 Å². The van der Waals surface area contributed by atoms with Crippen LogP contribution in [0.25, 0.3) is 0 Å². The molecule has 0 aromatic heterocycles. The van der Waals surface area contributed by atoms with E-state index in [0.717, 1.165) is 32.2 Å². The van der Waals surface area contributed by atoms with Gasteiger partial charge in [-0.3, -0.25) is 0 Å². The van der Waals surface area contributed by atoms with Crippen molar-refractivity contribution in [2.24, 2.45) is 5.92 Å². The molecule has 2 rings (SSSR count). The summed E-state index contributed by atoms with van der Waals surface area (Å²) in [6.07, 6.45) is 6.05. The van der Waals surface area contributed by atoms with Crippen LogP contribution in [0.2, 0.25) is 0 Å². The van der Waals surface area contributed by atoms with Crippen molar-refractivity contribution in [3.8, 4) is 0 Å². The average molecular weight is 250 g/mol. The summed E-state index contributed by atoms with van der Waals surface area (Å²) in [7, 11) is 1.79. The minimum absolute atomic E-state index is 0. The molecule has 2 heterocycles. The second-order valence-corrected chi connectivity index (χ2v) is 4.92. The third kappa shape index (κ3) is 3.59. The maximum absolute atomic E-state index is 6.04. The van der Waals surface area contributed by atoms with Gasteiger partial charge in [0, 0.05) is 20.3 Å². The number of rotatable bonds is 3. The topological polar surface area (TPSA) is 30.5 Å². The van der Waals surface area contributed by atoms with E-state index in [2.05, 4.69) is 5.32 Å². The minimum atomic E-state index is 0. The van der Waals surface area contributed by atoms with Crippen LogP contribution in [0.3, 0.4) is 0 Å². The summed E-state index contributed by atoms with van der Waals surface area (Å²) < 4.78 is 11.2. The first-order valence-electron chi connectivity index (χ1n) is 6.18. The highest BCUT2D eigenvalue weighted by atomic mass is 35.5. The number of hydrogen-bond donors (Lipinski definition) is 1. The van der Waals surface area contributed by atoms with Crippen molar-refractivity contribution in [3.63, 3.8) is 0 Å². The molecule has 0 amide bonds. The number of halogens is 1. The zero-order chi connectivity index (χ0) is 10.6. The Morgan fingerprint density at radius 3 is 2.81 bits per heavy atom. The number of piperidine rings is 1. The fourth-order valence-corrected chi connectivity index (χ4v) is 2.89. The van der Waals surface area contributed by atoms with Crippen molar-refractivity contribution in [1.29, 1.82) is 0 Å². The molecule has 1 unspecified atom stereocenters. The fourth-order valence-electron chi connectivity index (χ4n) is 2.89. The van der Waals surface area contributed by atoms with E-state index in [9.17, 15) is 0 Å². The van der Waals surface area contributed by atoms with Crippen molar-refractivity contribution < 1.29 is 9.47 Å². The lowest BCUT2D eigenvalue weighted by Crippen LogP contribution is -2.48.